The normalized spacial score (nSPS) is 11.4. The van der Waals surface area contributed by atoms with Gasteiger partial charge >= 0.3 is 6.18 Å². The molecule has 6 heteroatoms. The molecule has 2 nitrogen and oxygen atoms in total. The molecule has 0 bridgehead atoms. The zero-order valence-electron chi connectivity index (χ0n) is 9.95. The number of nitrogens with zero attached hydrogens (tertiary/aromatic N) is 2. The Morgan fingerprint density at radius 3 is 2.47 bits per heavy atom. The smallest absolute Gasteiger partial charge is 0.329 e. The zero-order valence-corrected chi connectivity index (χ0v) is 11.5. The Morgan fingerprint density at radius 2 is 1.89 bits per heavy atom. The maximum absolute atomic E-state index is 12.6. The van der Waals surface area contributed by atoms with E-state index in [0.717, 1.165) is 16.6 Å². The number of hydrogen-bond donors (Lipinski definition) is 0. The molecular weight excluding hydrogens is 321 g/mol. The number of alkyl halides is 3. The number of anilines is 2. The van der Waals surface area contributed by atoms with Gasteiger partial charge in [0.2, 0.25) is 0 Å². The van der Waals surface area contributed by atoms with Crippen LogP contribution in [-0.4, -0.2) is 12.0 Å². The van der Waals surface area contributed by atoms with Gasteiger partial charge in [0, 0.05) is 23.4 Å². The molecule has 0 aliphatic heterocycles. The molecule has 19 heavy (non-hydrogen) atoms. The highest BCUT2D eigenvalue weighted by molar-refractivity contribution is 9.10. The van der Waals surface area contributed by atoms with Crippen LogP contribution in [0.5, 0.6) is 0 Å². The summed E-state index contributed by atoms with van der Waals surface area (Å²) in [6, 6.07) is 8.65. The van der Waals surface area contributed by atoms with E-state index in [0.29, 0.717) is 11.5 Å². The fourth-order valence-corrected chi connectivity index (χ4v) is 1.82. The Morgan fingerprint density at radius 1 is 1.16 bits per heavy atom. The zero-order chi connectivity index (χ0) is 14.0. The van der Waals surface area contributed by atoms with Crippen molar-refractivity contribution < 1.29 is 13.2 Å². The van der Waals surface area contributed by atoms with Gasteiger partial charge in [0.15, 0.2) is 0 Å². The first-order chi connectivity index (χ1) is 8.88. The minimum Gasteiger partial charge on any atom is -0.329 e. The Labute approximate surface area is 117 Å². The molecule has 1 aromatic heterocycles. The number of rotatable bonds is 2. The third-order valence-corrected chi connectivity index (χ3v) is 3.09. The van der Waals surface area contributed by atoms with Crippen LogP contribution in [0.3, 0.4) is 0 Å². The van der Waals surface area contributed by atoms with Gasteiger partial charge < -0.3 is 4.90 Å². The van der Waals surface area contributed by atoms with Gasteiger partial charge in [-0.1, -0.05) is 6.07 Å². The maximum atomic E-state index is 12.6. The van der Waals surface area contributed by atoms with E-state index >= 15 is 0 Å². The summed E-state index contributed by atoms with van der Waals surface area (Å²) in [5, 5.41) is 0. The van der Waals surface area contributed by atoms with Gasteiger partial charge in [0.1, 0.15) is 5.82 Å². The molecule has 0 aliphatic rings. The summed E-state index contributed by atoms with van der Waals surface area (Å²) >= 11 is 3.26. The van der Waals surface area contributed by atoms with E-state index in [1.54, 1.807) is 36.3 Å². The molecule has 0 atom stereocenters. The summed E-state index contributed by atoms with van der Waals surface area (Å²) in [6.07, 6.45) is -2.75. The van der Waals surface area contributed by atoms with Crippen LogP contribution >= 0.6 is 15.9 Å². The molecule has 2 aromatic rings. The molecule has 0 aliphatic carbocycles. The molecule has 0 amide bonds. The van der Waals surface area contributed by atoms with Crippen LogP contribution in [0.2, 0.25) is 0 Å². The van der Waals surface area contributed by atoms with Gasteiger partial charge in [0.05, 0.1) is 5.56 Å². The van der Waals surface area contributed by atoms with Crippen LogP contribution in [0, 0.1) is 0 Å². The second kappa shape index (κ2) is 5.21. The lowest BCUT2D eigenvalue weighted by Gasteiger charge is -2.19. The third kappa shape index (κ3) is 3.26. The molecule has 0 radical (unpaired) electrons. The number of benzene rings is 1. The second-order valence-electron chi connectivity index (χ2n) is 3.94. The van der Waals surface area contributed by atoms with Crippen LogP contribution in [0.1, 0.15) is 5.56 Å². The second-order valence-corrected chi connectivity index (χ2v) is 4.86. The molecular formula is C13H10BrF3N2. The lowest BCUT2D eigenvalue weighted by Crippen LogP contribution is -2.12. The highest BCUT2D eigenvalue weighted by atomic mass is 79.9. The monoisotopic (exact) mass is 330 g/mol. The number of pyridine rings is 1. The predicted molar refractivity (Wildman–Crippen MR) is 71.4 cm³/mol. The Balaban J connectivity index is 2.34. The quantitative estimate of drug-likeness (QED) is 0.798. The first-order valence-electron chi connectivity index (χ1n) is 5.40. The van der Waals surface area contributed by atoms with E-state index in [1.165, 1.54) is 6.07 Å². The van der Waals surface area contributed by atoms with E-state index < -0.39 is 11.7 Å². The van der Waals surface area contributed by atoms with Gasteiger partial charge in [-0.3, -0.25) is 0 Å². The topological polar surface area (TPSA) is 16.1 Å². The summed E-state index contributed by atoms with van der Waals surface area (Å²) in [4.78, 5) is 5.74. The van der Waals surface area contributed by atoms with Crippen molar-refractivity contribution in [1.29, 1.82) is 0 Å². The average molecular weight is 331 g/mol. The molecule has 0 saturated carbocycles. The van der Waals surface area contributed by atoms with Crippen LogP contribution in [-0.2, 0) is 6.18 Å². The molecule has 0 fully saturated rings. The summed E-state index contributed by atoms with van der Waals surface area (Å²) < 4.78 is 38.8. The van der Waals surface area contributed by atoms with E-state index in [4.69, 9.17) is 0 Å². The number of hydrogen-bond acceptors (Lipinski definition) is 2. The van der Waals surface area contributed by atoms with Crippen molar-refractivity contribution in [3.63, 3.8) is 0 Å². The third-order valence-electron chi connectivity index (χ3n) is 2.62. The van der Waals surface area contributed by atoms with Crippen molar-refractivity contribution >= 4 is 27.4 Å². The van der Waals surface area contributed by atoms with Crippen molar-refractivity contribution in [3.8, 4) is 0 Å². The fraction of sp³-hybridized carbons (Fsp3) is 0.154. The predicted octanol–water partition coefficient (Wildman–Crippen LogP) is 4.63. The largest absolute Gasteiger partial charge is 0.416 e. The SMILES string of the molecule is CN(c1cccc(C(F)(F)F)c1)c1ccc(Br)cn1. The summed E-state index contributed by atoms with van der Waals surface area (Å²) in [5.74, 6) is 0.572. The van der Waals surface area contributed by atoms with Gasteiger partial charge in [0.25, 0.3) is 0 Å². The highest BCUT2D eigenvalue weighted by Crippen LogP contribution is 2.32. The van der Waals surface area contributed by atoms with Gasteiger partial charge in [-0.05, 0) is 46.3 Å². The van der Waals surface area contributed by atoms with E-state index in [9.17, 15) is 13.2 Å². The van der Waals surface area contributed by atoms with Crippen LogP contribution in [0.15, 0.2) is 47.1 Å². The van der Waals surface area contributed by atoms with Gasteiger partial charge in [-0.25, -0.2) is 4.98 Å². The van der Waals surface area contributed by atoms with Crippen molar-refractivity contribution in [1.82, 2.24) is 4.98 Å². The van der Waals surface area contributed by atoms with Crippen LogP contribution < -0.4 is 4.90 Å². The van der Waals surface area contributed by atoms with Crippen molar-refractivity contribution in [3.05, 3.63) is 52.6 Å². The fourth-order valence-electron chi connectivity index (χ4n) is 1.59. The molecule has 1 aromatic carbocycles. The number of halogens is 4. The van der Waals surface area contributed by atoms with Crippen molar-refractivity contribution in [2.75, 3.05) is 11.9 Å². The van der Waals surface area contributed by atoms with Crippen LogP contribution in [0.25, 0.3) is 0 Å². The first kappa shape index (κ1) is 13.9. The Kier molecular flexibility index (Phi) is 3.80. The van der Waals surface area contributed by atoms with Gasteiger partial charge in [-0.2, -0.15) is 13.2 Å². The first-order valence-corrected chi connectivity index (χ1v) is 6.20. The summed E-state index contributed by atoms with van der Waals surface area (Å²) in [7, 11) is 1.67. The standard InChI is InChI=1S/C13H10BrF3N2/c1-19(12-6-5-10(14)8-18-12)11-4-2-3-9(7-11)13(15,16)17/h2-8H,1H3. The molecule has 0 saturated heterocycles. The van der Waals surface area contributed by atoms with E-state index in [1.807, 2.05) is 0 Å². The molecule has 0 N–H and O–H groups in total. The number of aromatic nitrogens is 1. The average Bonchev–Trinajstić information content (AvgIpc) is 2.38. The highest BCUT2D eigenvalue weighted by Gasteiger charge is 2.30. The lowest BCUT2D eigenvalue weighted by molar-refractivity contribution is -0.137. The minimum absolute atomic E-state index is 0.435. The molecule has 1 heterocycles. The minimum atomic E-state index is -4.34. The Bertz CT molecular complexity index is 567. The maximum Gasteiger partial charge on any atom is 0.416 e. The molecule has 0 unspecified atom stereocenters. The molecule has 100 valence electrons. The van der Waals surface area contributed by atoms with Crippen LogP contribution in [0.4, 0.5) is 24.7 Å². The molecule has 0 spiro atoms. The summed E-state index contributed by atoms with van der Waals surface area (Å²) in [6.45, 7) is 0. The van der Waals surface area contributed by atoms with Crippen molar-refractivity contribution in [2.45, 2.75) is 6.18 Å². The lowest BCUT2D eigenvalue weighted by atomic mass is 10.2. The van der Waals surface area contributed by atoms with E-state index in [-0.39, 0.29) is 0 Å². The van der Waals surface area contributed by atoms with E-state index in [2.05, 4.69) is 20.9 Å². The summed E-state index contributed by atoms with van der Waals surface area (Å²) in [5.41, 5.74) is -0.237. The van der Waals surface area contributed by atoms with Gasteiger partial charge in [-0.15, -0.1) is 0 Å². The Hall–Kier alpha value is -1.56. The van der Waals surface area contributed by atoms with Crippen molar-refractivity contribution in [2.24, 2.45) is 0 Å². The molecule has 2 rings (SSSR count).